The van der Waals surface area contributed by atoms with E-state index in [2.05, 4.69) is 31.0 Å². The summed E-state index contributed by atoms with van der Waals surface area (Å²) in [7, 11) is 0. The zero-order valence-electron chi connectivity index (χ0n) is 9.44. The molecule has 0 spiro atoms. The third-order valence-corrected chi connectivity index (χ3v) is 2.60. The summed E-state index contributed by atoms with van der Waals surface area (Å²) in [6, 6.07) is 10.9. The van der Waals surface area contributed by atoms with Crippen molar-refractivity contribution in [1.82, 2.24) is 4.98 Å². The van der Waals surface area contributed by atoms with Crippen molar-refractivity contribution >= 4 is 0 Å². The Morgan fingerprint density at radius 1 is 1.06 bits per heavy atom. The number of aromatic nitrogens is 1. The van der Waals surface area contributed by atoms with Crippen LogP contribution in [-0.2, 0) is 0 Å². The van der Waals surface area contributed by atoms with Gasteiger partial charge in [0.25, 0.3) is 0 Å². The van der Waals surface area contributed by atoms with Crippen molar-refractivity contribution < 1.29 is 4.39 Å². The van der Waals surface area contributed by atoms with Crippen molar-refractivity contribution in [1.29, 1.82) is 0 Å². The molecule has 82 valence electrons. The van der Waals surface area contributed by atoms with E-state index in [0.717, 1.165) is 5.56 Å². The molecule has 16 heavy (non-hydrogen) atoms. The van der Waals surface area contributed by atoms with Gasteiger partial charge in [-0.1, -0.05) is 38.1 Å². The van der Waals surface area contributed by atoms with Crippen LogP contribution >= 0.6 is 0 Å². The van der Waals surface area contributed by atoms with Crippen molar-refractivity contribution in [3.63, 3.8) is 0 Å². The number of benzene rings is 1. The van der Waals surface area contributed by atoms with Gasteiger partial charge >= 0.3 is 0 Å². The van der Waals surface area contributed by atoms with Crippen LogP contribution in [0.15, 0.2) is 42.6 Å². The third kappa shape index (κ3) is 2.27. The summed E-state index contributed by atoms with van der Waals surface area (Å²) >= 11 is 0. The van der Waals surface area contributed by atoms with Crippen molar-refractivity contribution in [3.05, 3.63) is 54.0 Å². The number of pyridine rings is 1. The predicted octanol–water partition coefficient (Wildman–Crippen LogP) is 4.01. The van der Waals surface area contributed by atoms with Crippen LogP contribution in [0.2, 0.25) is 0 Å². The maximum absolute atomic E-state index is 13.0. The second kappa shape index (κ2) is 4.44. The van der Waals surface area contributed by atoms with Gasteiger partial charge in [-0.3, -0.25) is 4.98 Å². The van der Waals surface area contributed by atoms with Crippen LogP contribution in [0.1, 0.15) is 25.3 Å². The van der Waals surface area contributed by atoms with E-state index in [-0.39, 0.29) is 5.82 Å². The average Bonchev–Trinajstić information content (AvgIpc) is 2.29. The third-order valence-electron chi connectivity index (χ3n) is 2.60. The van der Waals surface area contributed by atoms with Crippen LogP contribution in [0.5, 0.6) is 0 Å². The predicted molar refractivity (Wildman–Crippen MR) is 63.7 cm³/mol. The highest BCUT2D eigenvalue weighted by Crippen LogP contribution is 2.21. The molecule has 1 aromatic heterocycles. The SMILES string of the molecule is CC(C)c1ccc(-c2cc(F)ccn2)cc1. The lowest BCUT2D eigenvalue weighted by atomic mass is 10.0. The smallest absolute Gasteiger partial charge is 0.126 e. The van der Waals surface area contributed by atoms with E-state index in [1.165, 1.54) is 23.9 Å². The molecule has 2 heteroatoms. The molecule has 0 bridgehead atoms. The molecule has 0 radical (unpaired) electrons. The number of halogens is 1. The van der Waals surface area contributed by atoms with E-state index in [9.17, 15) is 4.39 Å². The first-order valence-electron chi connectivity index (χ1n) is 5.38. The van der Waals surface area contributed by atoms with Crippen molar-refractivity contribution in [2.45, 2.75) is 19.8 Å². The Hall–Kier alpha value is -1.70. The van der Waals surface area contributed by atoms with Crippen LogP contribution in [-0.4, -0.2) is 4.98 Å². The van der Waals surface area contributed by atoms with Gasteiger partial charge in [0, 0.05) is 17.8 Å². The second-order valence-corrected chi connectivity index (χ2v) is 4.14. The van der Waals surface area contributed by atoms with Gasteiger partial charge in [0.15, 0.2) is 0 Å². The Labute approximate surface area is 95.0 Å². The summed E-state index contributed by atoms with van der Waals surface area (Å²) in [6.45, 7) is 4.30. The van der Waals surface area contributed by atoms with E-state index < -0.39 is 0 Å². The standard InChI is InChI=1S/C14H14FN/c1-10(2)11-3-5-12(6-4-11)14-9-13(15)7-8-16-14/h3-10H,1-2H3. The highest BCUT2D eigenvalue weighted by Gasteiger charge is 2.02. The van der Waals surface area contributed by atoms with E-state index in [1.807, 2.05) is 12.1 Å². The second-order valence-electron chi connectivity index (χ2n) is 4.14. The van der Waals surface area contributed by atoms with E-state index in [1.54, 1.807) is 0 Å². The normalized spacial score (nSPS) is 10.8. The van der Waals surface area contributed by atoms with E-state index in [4.69, 9.17) is 0 Å². The molecule has 1 aromatic carbocycles. The minimum Gasteiger partial charge on any atom is -0.256 e. The van der Waals surface area contributed by atoms with Crippen LogP contribution in [0, 0.1) is 5.82 Å². The quantitative estimate of drug-likeness (QED) is 0.737. The molecule has 0 aliphatic rings. The highest BCUT2D eigenvalue weighted by molar-refractivity contribution is 5.59. The van der Waals surface area contributed by atoms with Gasteiger partial charge in [0.05, 0.1) is 5.69 Å². The molecule has 2 aromatic rings. The fourth-order valence-electron chi connectivity index (χ4n) is 1.60. The summed E-state index contributed by atoms with van der Waals surface area (Å²) in [5, 5.41) is 0. The molecule has 0 saturated carbocycles. The van der Waals surface area contributed by atoms with Gasteiger partial charge in [-0.2, -0.15) is 0 Å². The maximum atomic E-state index is 13.0. The van der Waals surface area contributed by atoms with Gasteiger partial charge in [-0.05, 0) is 17.5 Å². The summed E-state index contributed by atoms with van der Waals surface area (Å²) in [5.74, 6) is 0.257. The number of nitrogens with zero attached hydrogens (tertiary/aromatic N) is 1. The Morgan fingerprint density at radius 2 is 1.75 bits per heavy atom. The monoisotopic (exact) mass is 215 g/mol. The summed E-state index contributed by atoms with van der Waals surface area (Å²) in [4.78, 5) is 4.14. The lowest BCUT2D eigenvalue weighted by Gasteiger charge is -2.06. The fourth-order valence-corrected chi connectivity index (χ4v) is 1.60. The Bertz CT molecular complexity index is 474. The first-order chi connectivity index (χ1) is 7.66. The molecule has 2 rings (SSSR count). The van der Waals surface area contributed by atoms with E-state index in [0.29, 0.717) is 11.6 Å². The maximum Gasteiger partial charge on any atom is 0.126 e. The molecule has 1 nitrogen and oxygen atoms in total. The van der Waals surface area contributed by atoms with Crippen LogP contribution in [0.3, 0.4) is 0 Å². The number of hydrogen-bond acceptors (Lipinski definition) is 1. The topological polar surface area (TPSA) is 12.9 Å². The number of hydrogen-bond donors (Lipinski definition) is 0. The highest BCUT2D eigenvalue weighted by atomic mass is 19.1. The van der Waals surface area contributed by atoms with Gasteiger partial charge in [-0.25, -0.2) is 4.39 Å². The van der Waals surface area contributed by atoms with Crippen molar-refractivity contribution in [2.75, 3.05) is 0 Å². The average molecular weight is 215 g/mol. The Kier molecular flexibility index (Phi) is 3.00. The van der Waals surface area contributed by atoms with Crippen LogP contribution in [0.4, 0.5) is 4.39 Å². The summed E-state index contributed by atoms with van der Waals surface area (Å²) in [6.07, 6.45) is 1.49. The van der Waals surface area contributed by atoms with Gasteiger partial charge in [-0.15, -0.1) is 0 Å². The molecule has 0 amide bonds. The van der Waals surface area contributed by atoms with Gasteiger partial charge in [0.1, 0.15) is 5.82 Å². The van der Waals surface area contributed by atoms with Crippen LogP contribution in [0.25, 0.3) is 11.3 Å². The summed E-state index contributed by atoms with van der Waals surface area (Å²) < 4.78 is 13.0. The molecule has 0 saturated heterocycles. The minimum atomic E-state index is -0.252. The van der Waals surface area contributed by atoms with Crippen molar-refractivity contribution in [2.24, 2.45) is 0 Å². The first kappa shape index (κ1) is 10.8. The summed E-state index contributed by atoms with van der Waals surface area (Å²) in [5.41, 5.74) is 2.90. The lowest BCUT2D eigenvalue weighted by Crippen LogP contribution is -1.88. The largest absolute Gasteiger partial charge is 0.256 e. The molecular formula is C14H14FN. The fraction of sp³-hybridized carbons (Fsp3) is 0.214. The zero-order chi connectivity index (χ0) is 11.5. The molecule has 0 unspecified atom stereocenters. The molecule has 0 aliphatic carbocycles. The molecule has 1 heterocycles. The number of rotatable bonds is 2. The Morgan fingerprint density at radius 3 is 2.31 bits per heavy atom. The lowest BCUT2D eigenvalue weighted by molar-refractivity contribution is 0.626. The molecule has 0 N–H and O–H groups in total. The van der Waals surface area contributed by atoms with Crippen molar-refractivity contribution in [3.8, 4) is 11.3 Å². The minimum absolute atomic E-state index is 0.252. The zero-order valence-corrected chi connectivity index (χ0v) is 9.44. The molecule has 0 aliphatic heterocycles. The molecule has 0 fully saturated rings. The molecule has 0 atom stereocenters. The Balaban J connectivity index is 2.35. The van der Waals surface area contributed by atoms with E-state index >= 15 is 0 Å². The van der Waals surface area contributed by atoms with Gasteiger partial charge < -0.3 is 0 Å². The van der Waals surface area contributed by atoms with Crippen LogP contribution < -0.4 is 0 Å². The molecular weight excluding hydrogens is 201 g/mol. The van der Waals surface area contributed by atoms with Gasteiger partial charge in [0.2, 0.25) is 0 Å². The first-order valence-corrected chi connectivity index (χ1v) is 5.38.